The summed E-state index contributed by atoms with van der Waals surface area (Å²) >= 11 is 0. The molecule has 0 saturated carbocycles. The molecule has 3 heteroatoms. The monoisotopic (exact) mass is 346 g/mol. The van der Waals surface area contributed by atoms with Crippen molar-refractivity contribution in [1.29, 1.82) is 0 Å². The Kier molecular flexibility index (Phi) is 0.382. The first-order valence-corrected chi connectivity index (χ1v) is 15.3. The molecule has 10 aliphatic heterocycles. The second kappa shape index (κ2) is 0.921. The predicted molar refractivity (Wildman–Crippen MR) is 81.5 cm³/mol. The van der Waals surface area contributed by atoms with Gasteiger partial charge in [-0.15, -0.1) is 0 Å². The Morgan fingerprint density at radius 3 is 1.74 bits per heavy atom. The van der Waals surface area contributed by atoms with Gasteiger partial charge in [0.2, 0.25) is 0 Å². The third-order valence-electron chi connectivity index (χ3n) is 17.1. The van der Waals surface area contributed by atoms with E-state index >= 15 is 0 Å². The normalized spacial score (nSPS) is 94.0. The molecule has 8 atom stereocenters. The van der Waals surface area contributed by atoms with E-state index in [1.807, 2.05) is 6.92 Å². The van der Waals surface area contributed by atoms with Gasteiger partial charge >= 0.3 is 124 Å². The van der Waals surface area contributed by atoms with Crippen molar-refractivity contribution in [3.05, 3.63) is 35.4 Å². The zero-order chi connectivity index (χ0) is 15.1. The summed E-state index contributed by atoms with van der Waals surface area (Å²) in [4.78, 5) is 33.2. The van der Waals surface area contributed by atoms with Gasteiger partial charge in [0.15, 0.2) is 0 Å². The molecule has 2 nitrogen and oxygen atoms in total. The summed E-state index contributed by atoms with van der Waals surface area (Å²) in [5, 5.41) is 0. The molecule has 0 amide bonds. The molecule has 10 aliphatic rings. The average Bonchev–Trinajstić information content (AvgIpc) is 3.47. The van der Waals surface area contributed by atoms with Crippen molar-refractivity contribution >= 4 is 11.6 Å². The summed E-state index contributed by atoms with van der Waals surface area (Å²) < 4.78 is 0.920. The molecule has 0 aromatic heterocycles. The van der Waals surface area contributed by atoms with Crippen LogP contribution in [0.5, 0.6) is 0 Å². The third kappa shape index (κ3) is 0.122. The van der Waals surface area contributed by atoms with Crippen LogP contribution in [-0.4, -0.2) is 11.6 Å². The van der Waals surface area contributed by atoms with Gasteiger partial charge < -0.3 is 0 Å². The van der Waals surface area contributed by atoms with Gasteiger partial charge in [-0.1, -0.05) is 0 Å². The Hall–Kier alpha value is -0.921. The number of fused-ring (bicyclic) bond motifs is 10. The zero-order valence-electron chi connectivity index (χ0n) is 13.1. The molecule has 10 heterocycles. The van der Waals surface area contributed by atoms with Crippen molar-refractivity contribution in [2.75, 3.05) is 0 Å². The number of carbonyl (C=O) groups is 2. The Balaban J connectivity index is 1.36. The van der Waals surface area contributed by atoms with Crippen LogP contribution in [0.25, 0.3) is 0 Å². The molecule has 23 heavy (non-hydrogen) atoms. The van der Waals surface area contributed by atoms with Gasteiger partial charge in [-0.3, -0.25) is 0 Å². The SMILES string of the molecule is CC(=O)c1ccc([C]23[CH]4[CH]5[CH]6[CH]2[Fe]56432789[CH]3[CH]2[CH]7[C]8(C(C)=O)[CH]39)cc1. The molecule has 1 aromatic carbocycles. The maximum absolute atomic E-state index is 12.9. The zero-order valence-corrected chi connectivity index (χ0v) is 14.2. The van der Waals surface area contributed by atoms with E-state index in [0.717, 1.165) is 44.1 Å². The average molecular weight is 346 g/mol. The van der Waals surface area contributed by atoms with Crippen LogP contribution in [0.1, 0.15) is 29.8 Å². The minimum atomic E-state index is -3.62. The van der Waals surface area contributed by atoms with Crippen LogP contribution in [-0.2, 0) is 15.6 Å². The van der Waals surface area contributed by atoms with Gasteiger partial charge in [0.05, 0.1) is 0 Å². The van der Waals surface area contributed by atoms with E-state index in [2.05, 4.69) is 24.3 Å². The van der Waals surface area contributed by atoms with Crippen molar-refractivity contribution in [3.63, 3.8) is 0 Å². The standard InChI is InChI=1S/C13H11O.C7H7O.Fe/c1-10(14)11-6-8-13(9-7-11)12-4-2-3-5-12;1-6(8)7-4-2-3-5-7;/h2-9H,1H3;2-5H,1H3;. The van der Waals surface area contributed by atoms with Crippen molar-refractivity contribution in [2.45, 2.75) is 61.0 Å². The van der Waals surface area contributed by atoms with Gasteiger partial charge in [-0.05, 0) is 0 Å². The van der Waals surface area contributed by atoms with Crippen molar-refractivity contribution in [2.24, 2.45) is 0 Å². The van der Waals surface area contributed by atoms with Gasteiger partial charge in [0, 0.05) is 0 Å². The fourth-order valence-corrected chi connectivity index (χ4v) is 95.8. The van der Waals surface area contributed by atoms with Gasteiger partial charge in [0.1, 0.15) is 0 Å². The number of rotatable bonds is 3. The molecular weight excluding hydrogens is 328 g/mol. The molecule has 8 unspecified atom stereocenters. The first-order valence-electron chi connectivity index (χ1n) is 9.12. The van der Waals surface area contributed by atoms with Crippen LogP contribution in [0, 0.1) is 0 Å². The fraction of sp³-hybridized carbons (Fsp3) is 0.600. The summed E-state index contributed by atoms with van der Waals surface area (Å²) in [6, 6.07) is 8.77. The quantitative estimate of drug-likeness (QED) is 0.590. The summed E-state index contributed by atoms with van der Waals surface area (Å²) in [5.41, 5.74) is 2.44. The molecule has 0 aliphatic carbocycles. The summed E-state index contributed by atoms with van der Waals surface area (Å²) in [5.74, 6) is 0.811. The number of carbonyl (C=O) groups excluding carboxylic acids is 2. The summed E-state index contributed by atoms with van der Waals surface area (Å²) in [7, 11) is 0. The Morgan fingerprint density at radius 2 is 1.39 bits per heavy atom. The van der Waals surface area contributed by atoms with E-state index in [1.54, 1.807) is 12.5 Å². The number of benzene rings is 1. The van der Waals surface area contributed by atoms with Crippen LogP contribution in [0.4, 0.5) is 0 Å². The van der Waals surface area contributed by atoms with E-state index in [-0.39, 0.29) is 5.78 Å². The van der Waals surface area contributed by atoms with E-state index in [9.17, 15) is 9.59 Å². The molecule has 10 saturated heterocycles. The van der Waals surface area contributed by atoms with Gasteiger partial charge in [-0.25, -0.2) is 0 Å². The van der Waals surface area contributed by atoms with Crippen molar-refractivity contribution in [1.82, 2.24) is 0 Å². The Morgan fingerprint density at radius 1 is 0.870 bits per heavy atom. The molecule has 11 rings (SSSR count). The molecule has 0 radical (unpaired) electrons. The van der Waals surface area contributed by atoms with Crippen LogP contribution in [0.2, 0.25) is 42.8 Å². The third-order valence-corrected chi connectivity index (χ3v) is 59.9. The molecule has 10 fully saturated rings. The van der Waals surface area contributed by atoms with Crippen LogP contribution in [0.15, 0.2) is 24.3 Å². The van der Waals surface area contributed by atoms with Crippen LogP contribution < -0.4 is 0 Å². The molecule has 0 N–H and O–H groups in total. The Labute approximate surface area is 124 Å². The second-order valence-corrected chi connectivity index (χ2v) is 35.7. The van der Waals surface area contributed by atoms with E-state index in [0.29, 0.717) is 14.4 Å². The van der Waals surface area contributed by atoms with E-state index in [1.165, 1.54) is 0 Å². The van der Waals surface area contributed by atoms with Crippen molar-refractivity contribution in [3.8, 4) is 0 Å². The van der Waals surface area contributed by atoms with E-state index in [4.69, 9.17) is 0 Å². The maximum atomic E-state index is 12.9. The first kappa shape index (κ1) is 9.53. The topological polar surface area (TPSA) is 34.1 Å². The minimum absolute atomic E-state index is 0.168. The number of hydrogen-bond donors (Lipinski definition) is 0. The predicted octanol–water partition coefficient (Wildman–Crippen LogP) is 4.64. The molecule has 118 valence electrons. The fourth-order valence-electron chi connectivity index (χ4n) is 19.3. The van der Waals surface area contributed by atoms with Crippen LogP contribution in [0.3, 0.4) is 0 Å². The Bertz CT molecular complexity index is 1410. The van der Waals surface area contributed by atoms with Crippen LogP contribution >= 0.6 is 0 Å². The second-order valence-electron chi connectivity index (χ2n) is 12.5. The molecular formula is C20H18FeO2. The van der Waals surface area contributed by atoms with E-state index < -0.39 is 6.51 Å². The van der Waals surface area contributed by atoms with Gasteiger partial charge in [-0.2, -0.15) is 0 Å². The number of hydrogen-bond acceptors (Lipinski definition) is 2. The van der Waals surface area contributed by atoms with Crippen molar-refractivity contribution < 1.29 is 16.1 Å². The summed E-state index contributed by atoms with van der Waals surface area (Å²) in [6.07, 6.45) is 0. The molecule has 1 spiro atoms. The van der Waals surface area contributed by atoms with Gasteiger partial charge in [0.25, 0.3) is 0 Å². The molecule has 0 bridgehead atoms. The molecule has 1 aromatic rings. The number of Topliss-reactive ketones (excluding diaryl/α,β-unsaturated/α-hetero) is 2. The first-order chi connectivity index (χ1) is 10.8. The summed E-state index contributed by atoms with van der Waals surface area (Å²) in [6.45, 7) is 0.00753. The number of ketones is 2.